The van der Waals surface area contributed by atoms with Crippen LogP contribution in [0.5, 0.6) is 0 Å². The summed E-state index contributed by atoms with van der Waals surface area (Å²) < 4.78 is 26.2. The lowest BCUT2D eigenvalue weighted by atomic mass is 10.0. The first-order valence-electron chi connectivity index (χ1n) is 10.3. The number of carbonyl (C=O) groups is 1. The van der Waals surface area contributed by atoms with Crippen molar-refractivity contribution in [2.75, 3.05) is 5.75 Å². The van der Waals surface area contributed by atoms with Gasteiger partial charge in [0.05, 0.1) is 11.4 Å². The summed E-state index contributed by atoms with van der Waals surface area (Å²) >= 11 is 0. The zero-order chi connectivity index (χ0) is 22.1. The normalized spacial score (nSPS) is 11.5. The van der Waals surface area contributed by atoms with Crippen molar-refractivity contribution in [3.63, 3.8) is 0 Å². The van der Waals surface area contributed by atoms with Crippen LogP contribution in [0.15, 0.2) is 72.9 Å². The van der Waals surface area contributed by atoms with Gasteiger partial charge in [-0.25, -0.2) is 13.1 Å². The Kier molecular flexibility index (Phi) is 7.73. The third-order valence-electron chi connectivity index (χ3n) is 4.77. The van der Waals surface area contributed by atoms with Gasteiger partial charge < -0.3 is 0 Å². The number of benzene rings is 2. The van der Waals surface area contributed by atoms with Crippen LogP contribution >= 0.6 is 0 Å². The lowest BCUT2D eigenvalue weighted by Crippen LogP contribution is -2.32. The molecule has 0 atom stereocenters. The molecular weight excluding hydrogens is 408 g/mol. The minimum Gasteiger partial charge on any atom is -0.268 e. The lowest BCUT2D eigenvalue weighted by molar-refractivity contribution is 0.0981. The van der Waals surface area contributed by atoms with Crippen molar-refractivity contribution in [3.05, 3.63) is 89.7 Å². The Morgan fingerprint density at radius 1 is 0.935 bits per heavy atom. The average Bonchev–Trinajstić information content (AvgIpc) is 2.78. The highest BCUT2D eigenvalue weighted by molar-refractivity contribution is 7.90. The molecule has 0 spiro atoms. The summed E-state index contributed by atoms with van der Waals surface area (Å²) in [4.78, 5) is 16.6. The fourth-order valence-corrected chi connectivity index (χ4v) is 4.16. The first kappa shape index (κ1) is 22.4. The summed E-state index contributed by atoms with van der Waals surface area (Å²) in [5.74, 6) is -0.690. The predicted octanol–water partition coefficient (Wildman–Crippen LogP) is 5.17. The number of sulfonamides is 1. The van der Waals surface area contributed by atoms with Gasteiger partial charge in [0, 0.05) is 11.8 Å². The number of rotatable bonds is 9. The summed E-state index contributed by atoms with van der Waals surface area (Å²) in [6, 6.07) is 21.3. The molecule has 0 saturated heterocycles. The second-order valence-electron chi connectivity index (χ2n) is 7.25. The molecule has 0 aliphatic rings. The Balaban J connectivity index is 1.66. The van der Waals surface area contributed by atoms with Gasteiger partial charge in [0.25, 0.3) is 5.91 Å². The van der Waals surface area contributed by atoms with Crippen molar-refractivity contribution in [1.82, 2.24) is 9.71 Å². The molecule has 160 valence electrons. The molecule has 6 heteroatoms. The van der Waals surface area contributed by atoms with Crippen LogP contribution in [0.25, 0.3) is 23.3 Å². The Hall–Kier alpha value is -3.25. The number of carbonyl (C=O) groups excluding carboxylic acids is 1. The van der Waals surface area contributed by atoms with Crippen molar-refractivity contribution < 1.29 is 13.2 Å². The van der Waals surface area contributed by atoms with E-state index in [1.807, 2.05) is 43.3 Å². The maximum absolute atomic E-state index is 12.3. The zero-order valence-electron chi connectivity index (χ0n) is 17.5. The smallest absolute Gasteiger partial charge is 0.264 e. The number of unbranched alkanes of at least 4 members (excludes halogenated alkanes) is 2. The summed E-state index contributed by atoms with van der Waals surface area (Å²) in [6.07, 6.45) is 7.46. The van der Waals surface area contributed by atoms with Crippen molar-refractivity contribution in [3.8, 4) is 11.1 Å². The Bertz CT molecular complexity index is 1140. The van der Waals surface area contributed by atoms with Crippen molar-refractivity contribution >= 4 is 28.1 Å². The van der Waals surface area contributed by atoms with Crippen LogP contribution in [0, 0.1) is 0 Å². The van der Waals surface area contributed by atoms with E-state index in [0.29, 0.717) is 12.1 Å². The fourth-order valence-electron chi connectivity index (χ4n) is 3.07. The number of aromatic nitrogens is 1. The van der Waals surface area contributed by atoms with Gasteiger partial charge in [-0.05, 0) is 41.3 Å². The van der Waals surface area contributed by atoms with Gasteiger partial charge in [0.15, 0.2) is 0 Å². The number of nitrogens with one attached hydrogen (secondary N) is 1. The largest absolute Gasteiger partial charge is 0.268 e. The van der Waals surface area contributed by atoms with E-state index in [0.717, 1.165) is 29.5 Å². The summed E-state index contributed by atoms with van der Waals surface area (Å²) in [5.41, 5.74) is 4.11. The third kappa shape index (κ3) is 6.89. The fraction of sp³-hybridized carbons (Fsp3) is 0.200. The van der Waals surface area contributed by atoms with Gasteiger partial charge >= 0.3 is 0 Å². The maximum Gasteiger partial charge on any atom is 0.264 e. The number of hydrogen-bond donors (Lipinski definition) is 1. The van der Waals surface area contributed by atoms with Crippen LogP contribution in [0.4, 0.5) is 0 Å². The highest BCUT2D eigenvalue weighted by atomic mass is 32.2. The van der Waals surface area contributed by atoms with E-state index in [1.165, 1.54) is 12.3 Å². The number of amides is 1. The van der Waals surface area contributed by atoms with Gasteiger partial charge in [-0.3, -0.25) is 9.78 Å². The number of hydrogen-bond acceptors (Lipinski definition) is 4. The molecule has 0 unspecified atom stereocenters. The molecule has 0 radical (unpaired) electrons. The van der Waals surface area contributed by atoms with E-state index >= 15 is 0 Å². The lowest BCUT2D eigenvalue weighted by Gasteiger charge is -2.07. The molecule has 5 nitrogen and oxygen atoms in total. The van der Waals surface area contributed by atoms with Gasteiger partial charge in [-0.2, -0.15) is 0 Å². The van der Waals surface area contributed by atoms with E-state index in [-0.39, 0.29) is 11.3 Å². The number of nitrogens with zero attached hydrogens (tertiary/aromatic N) is 1. The summed E-state index contributed by atoms with van der Waals surface area (Å²) in [7, 11) is -3.63. The molecule has 0 saturated carbocycles. The maximum atomic E-state index is 12.3. The van der Waals surface area contributed by atoms with E-state index in [9.17, 15) is 13.2 Å². The van der Waals surface area contributed by atoms with Gasteiger partial charge in [0.1, 0.15) is 0 Å². The SMILES string of the molecule is CCCCCS(=O)(=O)NC(=O)c1ccnc(C=Cc2ccc(-c3ccccc3)cc2)c1. The molecule has 1 aromatic heterocycles. The van der Waals surface area contributed by atoms with Crippen LogP contribution in [0.1, 0.15) is 47.8 Å². The summed E-state index contributed by atoms with van der Waals surface area (Å²) in [5, 5.41) is 0. The van der Waals surface area contributed by atoms with E-state index in [4.69, 9.17) is 0 Å². The van der Waals surface area contributed by atoms with Gasteiger partial charge in [0.2, 0.25) is 10.0 Å². The van der Waals surface area contributed by atoms with Gasteiger partial charge in [-0.1, -0.05) is 80.4 Å². The number of pyridine rings is 1. The van der Waals surface area contributed by atoms with Crippen molar-refractivity contribution in [2.45, 2.75) is 26.2 Å². The summed E-state index contributed by atoms with van der Waals surface area (Å²) in [6.45, 7) is 1.99. The molecule has 3 aromatic rings. The van der Waals surface area contributed by atoms with Crippen molar-refractivity contribution in [1.29, 1.82) is 0 Å². The second kappa shape index (κ2) is 10.7. The van der Waals surface area contributed by atoms with E-state index < -0.39 is 15.9 Å². The monoisotopic (exact) mass is 434 g/mol. The molecule has 1 N–H and O–H groups in total. The molecular formula is C25H26N2O3S. The highest BCUT2D eigenvalue weighted by Gasteiger charge is 2.15. The molecule has 0 aliphatic carbocycles. The van der Waals surface area contributed by atoms with Crippen LogP contribution < -0.4 is 4.72 Å². The van der Waals surface area contributed by atoms with Crippen molar-refractivity contribution in [2.24, 2.45) is 0 Å². The molecule has 1 amide bonds. The molecule has 0 bridgehead atoms. The van der Waals surface area contributed by atoms with E-state index in [1.54, 1.807) is 12.1 Å². The van der Waals surface area contributed by atoms with E-state index in [2.05, 4.69) is 34.0 Å². The second-order valence-corrected chi connectivity index (χ2v) is 9.09. The topological polar surface area (TPSA) is 76.1 Å². The third-order valence-corrected chi connectivity index (χ3v) is 6.09. The standard InChI is InChI=1S/C25H26N2O3S/c1-2-3-7-18-31(29,30)27-25(28)23-16-17-26-24(19-23)15-12-20-10-13-22(14-11-20)21-8-5-4-6-9-21/h4-6,8-17,19H,2-3,7,18H2,1H3,(H,27,28). The van der Waals surface area contributed by atoms with Crippen LogP contribution in [-0.4, -0.2) is 25.1 Å². The minimum atomic E-state index is -3.63. The first-order valence-corrected chi connectivity index (χ1v) is 12.0. The van der Waals surface area contributed by atoms with Gasteiger partial charge in [-0.15, -0.1) is 0 Å². The van der Waals surface area contributed by atoms with Crippen LogP contribution in [0.2, 0.25) is 0 Å². The Morgan fingerprint density at radius 3 is 2.35 bits per heavy atom. The quantitative estimate of drug-likeness (QED) is 0.472. The highest BCUT2D eigenvalue weighted by Crippen LogP contribution is 2.20. The molecule has 1 heterocycles. The average molecular weight is 435 g/mol. The Labute approximate surface area is 183 Å². The molecule has 0 aliphatic heterocycles. The molecule has 3 rings (SSSR count). The predicted molar refractivity (Wildman–Crippen MR) is 126 cm³/mol. The molecule has 31 heavy (non-hydrogen) atoms. The Morgan fingerprint density at radius 2 is 1.65 bits per heavy atom. The first-order chi connectivity index (χ1) is 15.0. The van der Waals surface area contributed by atoms with Crippen LogP contribution in [-0.2, 0) is 10.0 Å². The minimum absolute atomic E-state index is 0.0522. The van der Waals surface area contributed by atoms with Crippen LogP contribution in [0.3, 0.4) is 0 Å². The zero-order valence-corrected chi connectivity index (χ0v) is 18.3. The molecule has 0 fully saturated rings. The molecule has 2 aromatic carbocycles.